The second-order valence-corrected chi connectivity index (χ2v) is 7.13. The Kier molecular flexibility index (Phi) is 3.72. The molecule has 2 aliphatic rings. The van der Waals surface area contributed by atoms with Crippen molar-refractivity contribution in [2.75, 3.05) is 25.0 Å². The summed E-state index contributed by atoms with van der Waals surface area (Å²) in [6.07, 6.45) is 4.85. The second-order valence-electron chi connectivity index (χ2n) is 7.13. The topological polar surface area (TPSA) is 74.6 Å². The van der Waals surface area contributed by atoms with E-state index < -0.39 is 0 Å². The van der Waals surface area contributed by atoms with Crippen LogP contribution in [-0.4, -0.2) is 35.8 Å². The summed E-state index contributed by atoms with van der Waals surface area (Å²) in [7, 11) is 0. The van der Waals surface area contributed by atoms with Crippen LogP contribution in [0.25, 0.3) is 16.6 Å². The first-order valence-electron chi connectivity index (χ1n) is 9.23. The van der Waals surface area contributed by atoms with Gasteiger partial charge in [-0.25, -0.2) is 0 Å². The molecule has 0 atom stereocenters. The molecule has 0 radical (unpaired) electrons. The van der Waals surface area contributed by atoms with E-state index in [1.54, 1.807) is 0 Å². The van der Waals surface area contributed by atoms with Crippen molar-refractivity contribution in [1.82, 2.24) is 15.0 Å². The molecule has 2 aliphatic heterocycles. The second kappa shape index (κ2) is 6.25. The molecule has 1 fully saturated rings. The highest BCUT2D eigenvalue weighted by atomic mass is 16.2. The highest BCUT2D eigenvalue weighted by Gasteiger charge is 2.25. The number of carbonyl (C=O) groups excluding carboxylic acids is 2. The number of nitrogens with zero attached hydrogens (tertiary/aromatic N) is 1. The van der Waals surface area contributed by atoms with Crippen molar-refractivity contribution < 1.29 is 9.59 Å². The molecular formula is C21H20N4O2. The number of hydrogen-bond acceptors (Lipinski definition) is 3. The normalized spacial score (nSPS) is 16.5. The zero-order chi connectivity index (χ0) is 18.4. The Morgan fingerprint density at radius 1 is 1.11 bits per heavy atom. The van der Waals surface area contributed by atoms with Gasteiger partial charge in [-0.15, -0.1) is 0 Å². The first-order chi connectivity index (χ1) is 13.2. The van der Waals surface area contributed by atoms with Crippen molar-refractivity contribution in [3.63, 3.8) is 0 Å². The lowest BCUT2D eigenvalue weighted by atomic mass is 10.00. The maximum Gasteiger partial charge on any atom is 0.253 e. The highest BCUT2D eigenvalue weighted by molar-refractivity contribution is 6.03. The number of rotatable bonds is 3. The third-order valence-corrected chi connectivity index (χ3v) is 5.42. The van der Waals surface area contributed by atoms with Crippen LogP contribution in [-0.2, 0) is 11.2 Å². The molecule has 1 saturated heterocycles. The van der Waals surface area contributed by atoms with Gasteiger partial charge in [0.15, 0.2) is 0 Å². The lowest BCUT2D eigenvalue weighted by Gasteiger charge is -2.25. The average Bonchev–Trinajstić information content (AvgIpc) is 2.90. The van der Waals surface area contributed by atoms with Gasteiger partial charge in [-0.2, -0.15) is 0 Å². The summed E-state index contributed by atoms with van der Waals surface area (Å²) in [5.41, 5.74) is 5.90. The van der Waals surface area contributed by atoms with Crippen molar-refractivity contribution in [3.8, 4) is 11.1 Å². The predicted molar refractivity (Wildman–Crippen MR) is 104 cm³/mol. The smallest absolute Gasteiger partial charge is 0.253 e. The molecule has 3 N–H and O–H groups in total. The van der Waals surface area contributed by atoms with E-state index in [1.165, 1.54) is 5.56 Å². The largest absolute Gasteiger partial charge is 0.352 e. The lowest BCUT2D eigenvalue weighted by molar-refractivity contribution is -0.121. The molecule has 0 spiro atoms. The Balaban J connectivity index is 1.50. The number of anilines is 1. The van der Waals surface area contributed by atoms with E-state index in [0.29, 0.717) is 12.1 Å². The molecule has 5 rings (SSSR count). The van der Waals surface area contributed by atoms with E-state index in [2.05, 4.69) is 22.1 Å². The van der Waals surface area contributed by atoms with Gasteiger partial charge in [-0.1, -0.05) is 12.1 Å². The van der Waals surface area contributed by atoms with Gasteiger partial charge in [0.1, 0.15) is 0 Å². The number of pyridine rings is 1. The number of carbonyl (C=O) groups is 2. The summed E-state index contributed by atoms with van der Waals surface area (Å²) in [5, 5.41) is 9.05. The van der Waals surface area contributed by atoms with Crippen LogP contribution in [0.5, 0.6) is 0 Å². The molecule has 136 valence electrons. The van der Waals surface area contributed by atoms with Crippen LogP contribution in [0.3, 0.4) is 0 Å². The van der Waals surface area contributed by atoms with Gasteiger partial charge in [-0.3, -0.25) is 9.59 Å². The molecule has 0 aliphatic carbocycles. The minimum atomic E-state index is -0.0208. The van der Waals surface area contributed by atoms with Crippen molar-refractivity contribution in [2.45, 2.75) is 6.42 Å². The number of aromatic nitrogens is 1. The Morgan fingerprint density at radius 3 is 2.67 bits per heavy atom. The number of amides is 2. The van der Waals surface area contributed by atoms with E-state index in [-0.39, 0.29) is 17.7 Å². The molecule has 4 heterocycles. The van der Waals surface area contributed by atoms with Crippen LogP contribution in [0.4, 0.5) is 5.69 Å². The predicted octanol–water partition coefficient (Wildman–Crippen LogP) is 2.05. The van der Waals surface area contributed by atoms with Crippen LogP contribution in [0.2, 0.25) is 0 Å². The molecule has 27 heavy (non-hydrogen) atoms. The minimum absolute atomic E-state index is 0.0208. The zero-order valence-electron chi connectivity index (χ0n) is 14.8. The molecule has 0 saturated carbocycles. The zero-order valence-corrected chi connectivity index (χ0v) is 14.8. The van der Waals surface area contributed by atoms with Gasteiger partial charge in [0, 0.05) is 43.3 Å². The Bertz CT molecular complexity index is 1050. The monoisotopic (exact) mass is 360 g/mol. The summed E-state index contributed by atoms with van der Waals surface area (Å²) in [5.74, 6) is 0.113. The summed E-state index contributed by atoms with van der Waals surface area (Å²) in [6.45, 7) is 2.13. The van der Waals surface area contributed by atoms with Gasteiger partial charge < -0.3 is 20.4 Å². The number of nitrogens with one attached hydrogen (secondary N) is 3. The summed E-state index contributed by atoms with van der Waals surface area (Å²) < 4.78 is 2.03. The van der Waals surface area contributed by atoms with Crippen molar-refractivity contribution >= 4 is 23.0 Å². The van der Waals surface area contributed by atoms with Gasteiger partial charge in [0.05, 0.1) is 17.0 Å². The van der Waals surface area contributed by atoms with Crippen LogP contribution in [0.15, 0.2) is 48.8 Å². The Hall–Kier alpha value is -3.12. The fourth-order valence-electron chi connectivity index (χ4n) is 3.83. The summed E-state index contributed by atoms with van der Waals surface area (Å²) >= 11 is 0. The van der Waals surface area contributed by atoms with Crippen LogP contribution in [0, 0.1) is 5.92 Å². The molecule has 0 unspecified atom stereocenters. The lowest BCUT2D eigenvalue weighted by Crippen LogP contribution is -2.48. The first-order valence-corrected chi connectivity index (χ1v) is 9.23. The molecule has 1 aromatic carbocycles. The third-order valence-electron chi connectivity index (χ3n) is 5.42. The Labute approximate surface area is 156 Å². The fourth-order valence-corrected chi connectivity index (χ4v) is 3.83. The first kappa shape index (κ1) is 16.1. The molecule has 6 nitrogen and oxygen atoms in total. The molecule has 2 aromatic heterocycles. The third kappa shape index (κ3) is 2.69. The number of hydrogen-bond donors (Lipinski definition) is 3. The van der Waals surface area contributed by atoms with E-state index in [0.717, 1.165) is 41.8 Å². The maximum absolute atomic E-state index is 12.3. The minimum Gasteiger partial charge on any atom is -0.352 e. The Morgan fingerprint density at radius 2 is 1.93 bits per heavy atom. The van der Waals surface area contributed by atoms with Gasteiger partial charge in [0.2, 0.25) is 5.91 Å². The molecule has 3 aromatic rings. The summed E-state index contributed by atoms with van der Waals surface area (Å²) in [6, 6.07) is 11.7. The maximum atomic E-state index is 12.3. The molecule has 6 heteroatoms. The molecule has 0 bridgehead atoms. The SMILES string of the molecule is O=C1NCCc2c(-c3ccc(NC(=O)C4CNC4)cc3)cn3cccc1c23. The van der Waals surface area contributed by atoms with Crippen LogP contribution < -0.4 is 16.0 Å². The van der Waals surface area contributed by atoms with Crippen molar-refractivity contribution in [2.24, 2.45) is 5.92 Å². The van der Waals surface area contributed by atoms with Crippen LogP contribution >= 0.6 is 0 Å². The molecule has 2 amide bonds. The van der Waals surface area contributed by atoms with Gasteiger partial charge >= 0.3 is 0 Å². The van der Waals surface area contributed by atoms with E-state index in [4.69, 9.17) is 0 Å². The highest BCUT2D eigenvalue weighted by Crippen LogP contribution is 2.32. The summed E-state index contributed by atoms with van der Waals surface area (Å²) in [4.78, 5) is 24.4. The van der Waals surface area contributed by atoms with E-state index in [1.807, 2.05) is 47.0 Å². The molecular weight excluding hydrogens is 340 g/mol. The fraction of sp³-hybridized carbons (Fsp3) is 0.238. The standard InChI is InChI=1S/C21H20N4O2/c26-20(14-10-22-11-14)24-15-5-3-13(4-6-15)18-12-25-9-1-2-17-19(25)16(18)7-8-23-21(17)27/h1-6,9,12,14,22H,7-8,10-11H2,(H,23,27)(H,24,26). The van der Waals surface area contributed by atoms with E-state index >= 15 is 0 Å². The number of benzene rings is 1. The average molecular weight is 360 g/mol. The van der Waals surface area contributed by atoms with E-state index in [9.17, 15) is 9.59 Å². The van der Waals surface area contributed by atoms with Crippen molar-refractivity contribution in [3.05, 3.63) is 59.9 Å². The van der Waals surface area contributed by atoms with Crippen LogP contribution in [0.1, 0.15) is 15.9 Å². The van der Waals surface area contributed by atoms with Gasteiger partial charge in [-0.05, 0) is 41.8 Å². The quantitative estimate of drug-likeness (QED) is 0.669. The van der Waals surface area contributed by atoms with Gasteiger partial charge in [0.25, 0.3) is 5.91 Å². The van der Waals surface area contributed by atoms with Crippen molar-refractivity contribution in [1.29, 1.82) is 0 Å².